The van der Waals surface area contributed by atoms with Gasteiger partial charge in [-0.25, -0.2) is 4.39 Å². The number of nitrogens with zero attached hydrogens (tertiary/aromatic N) is 2. The van der Waals surface area contributed by atoms with E-state index < -0.39 is 0 Å². The maximum atomic E-state index is 13.7. The molecule has 3 aromatic rings. The van der Waals surface area contributed by atoms with E-state index in [2.05, 4.69) is 10.1 Å². The topological polar surface area (TPSA) is 64.9 Å². The zero-order chi connectivity index (χ0) is 13.2. The molecule has 0 atom stereocenters. The lowest BCUT2D eigenvalue weighted by molar-refractivity contribution is 0.380. The van der Waals surface area contributed by atoms with E-state index in [1.807, 2.05) is 12.1 Å². The van der Waals surface area contributed by atoms with Gasteiger partial charge in [-0.3, -0.25) is 0 Å². The van der Waals surface area contributed by atoms with Crippen molar-refractivity contribution in [3.8, 4) is 11.4 Å². The number of aromatic nitrogens is 2. The van der Waals surface area contributed by atoms with Gasteiger partial charge in [0.2, 0.25) is 11.7 Å². The zero-order valence-electron chi connectivity index (χ0n) is 10.1. The molecule has 0 aliphatic rings. The number of hydrogen-bond donors (Lipinski definition) is 1. The highest BCUT2D eigenvalue weighted by Gasteiger charge is 2.12. The van der Waals surface area contributed by atoms with E-state index in [9.17, 15) is 4.39 Å². The van der Waals surface area contributed by atoms with Crippen LogP contribution < -0.4 is 5.73 Å². The quantitative estimate of drug-likeness (QED) is 0.783. The van der Waals surface area contributed by atoms with Crippen LogP contribution in [0, 0.1) is 5.82 Å². The Morgan fingerprint density at radius 3 is 2.68 bits per heavy atom. The smallest absolute Gasteiger partial charge is 0.228 e. The second-order valence-electron chi connectivity index (χ2n) is 4.19. The molecule has 0 fully saturated rings. The van der Waals surface area contributed by atoms with Gasteiger partial charge >= 0.3 is 0 Å². The molecule has 0 bridgehead atoms. The molecule has 3 rings (SSSR count). The molecule has 4 nitrogen and oxygen atoms in total. The molecule has 19 heavy (non-hydrogen) atoms. The molecule has 0 aliphatic heterocycles. The van der Waals surface area contributed by atoms with E-state index in [-0.39, 0.29) is 5.82 Å². The molecular weight excluding hydrogens is 245 g/mol. The van der Waals surface area contributed by atoms with E-state index in [0.29, 0.717) is 30.1 Å². The van der Waals surface area contributed by atoms with Crippen molar-refractivity contribution in [2.45, 2.75) is 6.42 Å². The molecule has 0 spiro atoms. The van der Waals surface area contributed by atoms with Crippen LogP contribution in [0.1, 0.15) is 5.89 Å². The van der Waals surface area contributed by atoms with Crippen LogP contribution in [0.2, 0.25) is 0 Å². The zero-order valence-corrected chi connectivity index (χ0v) is 10.1. The van der Waals surface area contributed by atoms with E-state index in [0.717, 1.165) is 10.9 Å². The molecule has 0 saturated carbocycles. The fourth-order valence-electron chi connectivity index (χ4n) is 2.05. The lowest BCUT2D eigenvalue weighted by Gasteiger charge is -2.03. The van der Waals surface area contributed by atoms with Gasteiger partial charge in [-0.2, -0.15) is 4.98 Å². The van der Waals surface area contributed by atoms with Crippen molar-refractivity contribution in [3.63, 3.8) is 0 Å². The van der Waals surface area contributed by atoms with Crippen LogP contribution in [0.15, 0.2) is 40.9 Å². The molecule has 2 N–H and O–H groups in total. The second kappa shape index (κ2) is 4.78. The van der Waals surface area contributed by atoms with Crippen LogP contribution in [0.4, 0.5) is 4.39 Å². The first-order valence-corrected chi connectivity index (χ1v) is 6.00. The van der Waals surface area contributed by atoms with Crippen molar-refractivity contribution in [2.24, 2.45) is 5.73 Å². The summed E-state index contributed by atoms with van der Waals surface area (Å²) in [6.07, 6.45) is 0.534. The van der Waals surface area contributed by atoms with Crippen LogP contribution in [-0.4, -0.2) is 16.7 Å². The highest BCUT2D eigenvalue weighted by atomic mass is 19.1. The van der Waals surface area contributed by atoms with Crippen LogP contribution in [0.25, 0.3) is 22.2 Å². The summed E-state index contributed by atoms with van der Waals surface area (Å²) in [4.78, 5) is 4.27. The van der Waals surface area contributed by atoms with Crippen molar-refractivity contribution < 1.29 is 8.91 Å². The minimum atomic E-state index is -0.259. The van der Waals surface area contributed by atoms with Gasteiger partial charge < -0.3 is 10.3 Å². The Morgan fingerprint density at radius 1 is 1.11 bits per heavy atom. The Balaban J connectivity index is 2.16. The Kier molecular flexibility index (Phi) is 2.97. The van der Waals surface area contributed by atoms with Crippen LogP contribution in [0.5, 0.6) is 0 Å². The maximum Gasteiger partial charge on any atom is 0.228 e. The highest BCUT2D eigenvalue weighted by Crippen LogP contribution is 2.28. The van der Waals surface area contributed by atoms with Gasteiger partial charge in [-0.15, -0.1) is 0 Å². The van der Waals surface area contributed by atoms with Crippen LogP contribution in [-0.2, 0) is 6.42 Å². The number of nitrogens with two attached hydrogens (primary N) is 1. The normalized spacial score (nSPS) is 11.1. The van der Waals surface area contributed by atoms with Gasteiger partial charge in [0.05, 0.1) is 0 Å². The summed E-state index contributed by atoms with van der Waals surface area (Å²) >= 11 is 0. The first-order valence-electron chi connectivity index (χ1n) is 6.00. The molecule has 0 amide bonds. The van der Waals surface area contributed by atoms with Gasteiger partial charge in [0, 0.05) is 23.9 Å². The van der Waals surface area contributed by atoms with Gasteiger partial charge in [-0.05, 0) is 17.5 Å². The lowest BCUT2D eigenvalue weighted by Crippen LogP contribution is -2.02. The molecule has 0 unspecified atom stereocenters. The fraction of sp³-hybridized carbons (Fsp3) is 0.143. The van der Waals surface area contributed by atoms with Gasteiger partial charge in [0.25, 0.3) is 0 Å². The summed E-state index contributed by atoms with van der Waals surface area (Å²) in [6.45, 7) is 0.450. The predicted molar refractivity (Wildman–Crippen MR) is 70.0 cm³/mol. The molecule has 5 heteroatoms. The van der Waals surface area contributed by atoms with Crippen LogP contribution >= 0.6 is 0 Å². The lowest BCUT2D eigenvalue weighted by atomic mass is 10.0. The summed E-state index contributed by atoms with van der Waals surface area (Å²) in [5.74, 6) is 0.690. The largest absolute Gasteiger partial charge is 0.339 e. The Labute approximate surface area is 109 Å². The maximum absolute atomic E-state index is 13.7. The van der Waals surface area contributed by atoms with Crippen molar-refractivity contribution in [1.82, 2.24) is 10.1 Å². The Morgan fingerprint density at radius 2 is 1.89 bits per heavy atom. The molecular formula is C14H12FN3O. The minimum absolute atomic E-state index is 0.259. The SMILES string of the molecule is NCCc1nc(-c2ccc(F)c3ccccc23)no1. The number of fused-ring (bicyclic) bond motifs is 1. The van der Waals surface area contributed by atoms with E-state index in [4.69, 9.17) is 10.3 Å². The average Bonchev–Trinajstić information content (AvgIpc) is 2.88. The minimum Gasteiger partial charge on any atom is -0.339 e. The van der Waals surface area contributed by atoms with Gasteiger partial charge in [-0.1, -0.05) is 29.4 Å². The first kappa shape index (κ1) is 11.8. The second-order valence-corrected chi connectivity index (χ2v) is 4.19. The molecule has 0 radical (unpaired) electrons. The summed E-state index contributed by atoms with van der Waals surface area (Å²) in [6, 6.07) is 10.3. The van der Waals surface area contributed by atoms with E-state index in [1.54, 1.807) is 18.2 Å². The third-order valence-corrected chi connectivity index (χ3v) is 2.94. The summed E-state index contributed by atoms with van der Waals surface area (Å²) in [5.41, 5.74) is 6.20. The first-order chi connectivity index (χ1) is 9.29. The Hall–Kier alpha value is -2.27. The molecule has 0 aliphatic carbocycles. The number of hydrogen-bond acceptors (Lipinski definition) is 4. The summed E-state index contributed by atoms with van der Waals surface area (Å²) in [7, 11) is 0. The third kappa shape index (κ3) is 2.08. The molecule has 96 valence electrons. The van der Waals surface area contributed by atoms with Crippen molar-refractivity contribution >= 4 is 10.8 Å². The predicted octanol–water partition coefficient (Wildman–Crippen LogP) is 2.53. The van der Waals surface area contributed by atoms with E-state index in [1.165, 1.54) is 6.07 Å². The molecule has 0 saturated heterocycles. The number of benzene rings is 2. The monoisotopic (exact) mass is 257 g/mol. The van der Waals surface area contributed by atoms with Crippen molar-refractivity contribution in [1.29, 1.82) is 0 Å². The van der Waals surface area contributed by atoms with Crippen LogP contribution in [0.3, 0.4) is 0 Å². The van der Waals surface area contributed by atoms with Gasteiger partial charge in [0.15, 0.2) is 0 Å². The highest BCUT2D eigenvalue weighted by molar-refractivity contribution is 5.95. The van der Waals surface area contributed by atoms with Gasteiger partial charge in [0.1, 0.15) is 5.82 Å². The molecule has 2 aromatic carbocycles. The summed E-state index contributed by atoms with van der Waals surface area (Å²) in [5, 5.41) is 5.23. The Bertz CT molecular complexity index is 724. The number of halogens is 1. The average molecular weight is 257 g/mol. The standard InChI is InChI=1S/C14H12FN3O/c15-12-6-5-11(9-3-1-2-4-10(9)12)14-17-13(7-8-16)19-18-14/h1-6H,7-8,16H2. The fourth-order valence-corrected chi connectivity index (χ4v) is 2.05. The number of rotatable bonds is 3. The summed E-state index contributed by atoms with van der Waals surface area (Å²) < 4.78 is 18.8. The third-order valence-electron chi connectivity index (χ3n) is 2.94. The van der Waals surface area contributed by atoms with Crippen molar-refractivity contribution in [3.05, 3.63) is 48.1 Å². The molecule has 1 aromatic heterocycles. The molecule has 1 heterocycles. The van der Waals surface area contributed by atoms with E-state index >= 15 is 0 Å². The van der Waals surface area contributed by atoms with Crippen molar-refractivity contribution in [2.75, 3.05) is 6.54 Å².